The fourth-order valence-corrected chi connectivity index (χ4v) is 1.78. The minimum Gasteiger partial charge on any atom is -0.496 e. The quantitative estimate of drug-likeness (QED) is 0.739. The van der Waals surface area contributed by atoms with Crippen molar-refractivity contribution in [1.29, 1.82) is 0 Å². The minimum atomic E-state index is 0.100. The van der Waals surface area contributed by atoms with Crippen LogP contribution in [0.15, 0.2) is 12.1 Å². The van der Waals surface area contributed by atoms with Gasteiger partial charge in [-0.3, -0.25) is 0 Å². The zero-order valence-electron chi connectivity index (χ0n) is 8.54. The van der Waals surface area contributed by atoms with Gasteiger partial charge in [-0.1, -0.05) is 0 Å². The predicted molar refractivity (Wildman–Crippen MR) is 54.8 cm³/mol. The Bertz CT molecular complexity index is 349. The monoisotopic (exact) mass is 193 g/mol. The first kappa shape index (κ1) is 9.34. The number of hydrogen-bond acceptors (Lipinski definition) is 3. The van der Waals surface area contributed by atoms with Crippen LogP contribution in [0.1, 0.15) is 23.6 Å². The van der Waals surface area contributed by atoms with Crippen LogP contribution < -0.4 is 15.2 Å². The molecule has 0 saturated heterocycles. The Hall–Kier alpha value is -1.22. The number of nitrogens with two attached hydrogens (primary N) is 1. The maximum absolute atomic E-state index is 5.99. The molecule has 1 aromatic rings. The Labute approximate surface area is 83.8 Å². The van der Waals surface area contributed by atoms with Gasteiger partial charge in [0.25, 0.3) is 0 Å². The van der Waals surface area contributed by atoms with Crippen LogP contribution in [0.25, 0.3) is 0 Å². The fraction of sp³-hybridized carbons (Fsp3) is 0.455. The van der Waals surface area contributed by atoms with E-state index in [2.05, 4.69) is 6.07 Å². The largest absolute Gasteiger partial charge is 0.496 e. The van der Waals surface area contributed by atoms with Gasteiger partial charge in [0.1, 0.15) is 11.5 Å². The Balaban J connectivity index is 2.48. The van der Waals surface area contributed by atoms with Gasteiger partial charge in [-0.2, -0.15) is 0 Å². The molecule has 2 rings (SSSR count). The van der Waals surface area contributed by atoms with Crippen molar-refractivity contribution in [3.05, 3.63) is 23.3 Å². The summed E-state index contributed by atoms with van der Waals surface area (Å²) in [5, 5.41) is 0. The Morgan fingerprint density at radius 3 is 3.00 bits per heavy atom. The molecule has 76 valence electrons. The Morgan fingerprint density at radius 2 is 2.29 bits per heavy atom. The molecule has 0 amide bonds. The molecule has 2 N–H and O–H groups in total. The summed E-state index contributed by atoms with van der Waals surface area (Å²) in [7, 11) is 1.66. The molecule has 3 nitrogen and oxygen atoms in total. The van der Waals surface area contributed by atoms with Gasteiger partial charge in [0.05, 0.1) is 13.7 Å². The van der Waals surface area contributed by atoms with Crippen LogP contribution in [0, 0.1) is 6.92 Å². The number of methoxy groups -OCH3 is 1. The van der Waals surface area contributed by atoms with E-state index in [1.807, 2.05) is 13.0 Å². The number of ether oxygens (including phenoxy) is 2. The van der Waals surface area contributed by atoms with E-state index in [1.165, 1.54) is 0 Å². The SMILES string of the molecule is COc1cc2c(cc1C)C(N)CCO2. The average Bonchev–Trinajstić information content (AvgIpc) is 2.19. The topological polar surface area (TPSA) is 44.5 Å². The average molecular weight is 193 g/mol. The first-order chi connectivity index (χ1) is 6.72. The summed E-state index contributed by atoms with van der Waals surface area (Å²) < 4.78 is 10.8. The molecule has 0 fully saturated rings. The van der Waals surface area contributed by atoms with Crippen molar-refractivity contribution in [2.45, 2.75) is 19.4 Å². The summed E-state index contributed by atoms with van der Waals surface area (Å²) in [6.45, 7) is 2.71. The summed E-state index contributed by atoms with van der Waals surface area (Å²) in [5.41, 5.74) is 8.18. The highest BCUT2D eigenvalue weighted by atomic mass is 16.5. The van der Waals surface area contributed by atoms with E-state index >= 15 is 0 Å². The van der Waals surface area contributed by atoms with Crippen molar-refractivity contribution >= 4 is 0 Å². The van der Waals surface area contributed by atoms with Crippen LogP contribution in [0.4, 0.5) is 0 Å². The second-order valence-corrected chi connectivity index (χ2v) is 3.60. The zero-order valence-corrected chi connectivity index (χ0v) is 8.54. The molecule has 1 atom stereocenters. The molecule has 3 heteroatoms. The summed E-state index contributed by atoms with van der Waals surface area (Å²) in [6, 6.07) is 4.07. The minimum absolute atomic E-state index is 0.100. The van der Waals surface area contributed by atoms with Crippen LogP contribution in [-0.4, -0.2) is 13.7 Å². The lowest BCUT2D eigenvalue weighted by molar-refractivity contribution is 0.267. The van der Waals surface area contributed by atoms with E-state index in [1.54, 1.807) is 7.11 Å². The van der Waals surface area contributed by atoms with Gasteiger partial charge in [0.2, 0.25) is 0 Å². The zero-order chi connectivity index (χ0) is 10.1. The van der Waals surface area contributed by atoms with E-state index in [4.69, 9.17) is 15.2 Å². The van der Waals surface area contributed by atoms with Crippen LogP contribution in [0.5, 0.6) is 11.5 Å². The molecule has 1 unspecified atom stereocenters. The van der Waals surface area contributed by atoms with Crippen LogP contribution in [0.2, 0.25) is 0 Å². The molecule has 0 radical (unpaired) electrons. The number of hydrogen-bond donors (Lipinski definition) is 1. The van der Waals surface area contributed by atoms with Crippen molar-refractivity contribution in [3.63, 3.8) is 0 Å². The van der Waals surface area contributed by atoms with E-state index in [0.717, 1.165) is 29.0 Å². The lowest BCUT2D eigenvalue weighted by atomic mass is 9.99. The highest BCUT2D eigenvalue weighted by Crippen LogP contribution is 2.35. The number of rotatable bonds is 1. The molecular formula is C11H15NO2. The van der Waals surface area contributed by atoms with Gasteiger partial charge >= 0.3 is 0 Å². The van der Waals surface area contributed by atoms with Crippen molar-refractivity contribution in [2.75, 3.05) is 13.7 Å². The van der Waals surface area contributed by atoms with Gasteiger partial charge in [-0.05, 0) is 18.6 Å². The van der Waals surface area contributed by atoms with Crippen LogP contribution >= 0.6 is 0 Å². The van der Waals surface area contributed by atoms with Gasteiger partial charge in [-0.25, -0.2) is 0 Å². The first-order valence-electron chi connectivity index (χ1n) is 4.79. The maximum atomic E-state index is 5.99. The van der Waals surface area contributed by atoms with Gasteiger partial charge < -0.3 is 15.2 Å². The third kappa shape index (κ3) is 1.44. The maximum Gasteiger partial charge on any atom is 0.127 e. The third-order valence-electron chi connectivity index (χ3n) is 2.61. The number of aryl methyl sites for hydroxylation is 1. The molecule has 0 aromatic heterocycles. The molecule has 1 heterocycles. The van der Waals surface area contributed by atoms with Gasteiger partial charge in [0.15, 0.2) is 0 Å². The molecule has 1 aromatic carbocycles. The van der Waals surface area contributed by atoms with E-state index in [9.17, 15) is 0 Å². The van der Waals surface area contributed by atoms with E-state index in [-0.39, 0.29) is 6.04 Å². The normalized spacial score (nSPS) is 19.8. The summed E-state index contributed by atoms with van der Waals surface area (Å²) in [5.74, 6) is 1.73. The molecule has 1 aliphatic rings. The second-order valence-electron chi connectivity index (χ2n) is 3.60. The van der Waals surface area contributed by atoms with Gasteiger partial charge in [-0.15, -0.1) is 0 Å². The fourth-order valence-electron chi connectivity index (χ4n) is 1.78. The smallest absolute Gasteiger partial charge is 0.127 e. The highest BCUT2D eigenvalue weighted by Gasteiger charge is 2.19. The summed E-state index contributed by atoms with van der Waals surface area (Å²) in [4.78, 5) is 0. The first-order valence-corrected chi connectivity index (χ1v) is 4.79. The Morgan fingerprint density at radius 1 is 1.50 bits per heavy atom. The number of benzene rings is 1. The Kier molecular flexibility index (Phi) is 2.33. The predicted octanol–water partition coefficient (Wildman–Crippen LogP) is 1.79. The molecule has 0 saturated carbocycles. The molecule has 0 aliphatic carbocycles. The summed E-state index contributed by atoms with van der Waals surface area (Å²) in [6.07, 6.45) is 0.888. The van der Waals surface area contributed by atoms with Crippen molar-refractivity contribution in [1.82, 2.24) is 0 Å². The summed E-state index contributed by atoms with van der Waals surface area (Å²) >= 11 is 0. The lowest BCUT2D eigenvalue weighted by Crippen LogP contribution is -2.20. The highest BCUT2D eigenvalue weighted by molar-refractivity contribution is 5.48. The van der Waals surface area contributed by atoms with Crippen molar-refractivity contribution in [2.24, 2.45) is 5.73 Å². The van der Waals surface area contributed by atoms with E-state index in [0.29, 0.717) is 6.61 Å². The standard InChI is InChI=1S/C11H15NO2/c1-7-5-8-9(12)3-4-14-11(8)6-10(7)13-2/h5-6,9H,3-4,12H2,1-2H3. The molecule has 0 spiro atoms. The molecular weight excluding hydrogens is 178 g/mol. The molecule has 0 bridgehead atoms. The van der Waals surface area contributed by atoms with Crippen molar-refractivity contribution < 1.29 is 9.47 Å². The van der Waals surface area contributed by atoms with Crippen LogP contribution in [-0.2, 0) is 0 Å². The van der Waals surface area contributed by atoms with Crippen molar-refractivity contribution in [3.8, 4) is 11.5 Å². The molecule has 1 aliphatic heterocycles. The van der Waals surface area contributed by atoms with E-state index < -0.39 is 0 Å². The lowest BCUT2D eigenvalue weighted by Gasteiger charge is -2.24. The number of fused-ring (bicyclic) bond motifs is 1. The second kappa shape index (κ2) is 3.50. The third-order valence-corrected chi connectivity index (χ3v) is 2.61. The van der Waals surface area contributed by atoms with Gasteiger partial charge in [0, 0.05) is 24.1 Å². The molecule has 14 heavy (non-hydrogen) atoms. The van der Waals surface area contributed by atoms with Crippen LogP contribution in [0.3, 0.4) is 0 Å².